The zero-order chi connectivity index (χ0) is 18.0. The van der Waals surface area contributed by atoms with Crippen LogP contribution in [-0.4, -0.2) is 29.7 Å². The molecule has 0 radical (unpaired) electrons. The van der Waals surface area contributed by atoms with Crippen molar-refractivity contribution in [3.8, 4) is 11.3 Å². The van der Waals surface area contributed by atoms with E-state index in [9.17, 15) is 17.6 Å². The number of halogens is 1. The third-order valence-corrected chi connectivity index (χ3v) is 4.74. The number of rotatable bonds is 5. The fourth-order valence-electron chi connectivity index (χ4n) is 2.17. The molecule has 0 fully saturated rings. The topological polar surface area (TPSA) is 112 Å². The molecule has 0 spiro atoms. The number of H-pyrrole nitrogens is 1. The van der Waals surface area contributed by atoms with Crippen molar-refractivity contribution in [3.05, 3.63) is 66.0 Å². The summed E-state index contributed by atoms with van der Waals surface area (Å²) in [6, 6.07) is 13.1. The molecule has 0 amide bonds. The van der Waals surface area contributed by atoms with Crippen LogP contribution in [0.25, 0.3) is 11.3 Å². The van der Waals surface area contributed by atoms with Crippen LogP contribution in [0.3, 0.4) is 0 Å². The number of aromatic nitrogens is 2. The van der Waals surface area contributed by atoms with Gasteiger partial charge in [-0.25, -0.2) is 17.6 Å². The van der Waals surface area contributed by atoms with Crippen molar-refractivity contribution in [3.63, 3.8) is 0 Å². The van der Waals surface area contributed by atoms with Crippen molar-refractivity contribution < 1.29 is 22.7 Å². The lowest BCUT2D eigenvalue weighted by atomic mass is 10.2. The Labute approximate surface area is 142 Å². The fourth-order valence-corrected chi connectivity index (χ4v) is 3.27. The lowest BCUT2D eigenvalue weighted by Gasteiger charge is -2.07. The number of carboxylic acid groups (broad SMARTS) is 1. The Morgan fingerprint density at radius 2 is 1.84 bits per heavy atom. The highest BCUT2D eigenvalue weighted by atomic mass is 32.2. The first-order valence-electron chi connectivity index (χ1n) is 7.03. The molecule has 128 valence electrons. The molecule has 1 aromatic heterocycles. The van der Waals surface area contributed by atoms with Gasteiger partial charge in [-0.3, -0.25) is 9.82 Å². The smallest absolute Gasteiger partial charge is 0.335 e. The molecule has 3 rings (SSSR count). The van der Waals surface area contributed by atoms with Crippen LogP contribution in [0, 0.1) is 5.82 Å². The number of aromatic amines is 1. The van der Waals surface area contributed by atoms with E-state index in [0.29, 0.717) is 5.69 Å². The molecule has 1 heterocycles. The summed E-state index contributed by atoms with van der Waals surface area (Å²) >= 11 is 0. The molecule has 0 saturated carbocycles. The maximum Gasteiger partial charge on any atom is 0.335 e. The molecule has 7 nitrogen and oxygen atoms in total. The maximum atomic E-state index is 13.9. The van der Waals surface area contributed by atoms with Gasteiger partial charge in [0.2, 0.25) is 0 Å². The van der Waals surface area contributed by atoms with Gasteiger partial charge in [-0.15, -0.1) is 0 Å². The van der Waals surface area contributed by atoms with Crippen molar-refractivity contribution >= 4 is 21.8 Å². The van der Waals surface area contributed by atoms with E-state index in [1.807, 2.05) is 30.3 Å². The Balaban J connectivity index is 1.91. The van der Waals surface area contributed by atoms with E-state index in [1.165, 1.54) is 6.07 Å². The van der Waals surface area contributed by atoms with Gasteiger partial charge < -0.3 is 5.11 Å². The number of hydrogen-bond donors (Lipinski definition) is 3. The number of anilines is 1. The number of sulfonamides is 1. The minimum absolute atomic E-state index is 0.0426. The summed E-state index contributed by atoms with van der Waals surface area (Å²) in [6.07, 6.45) is 0. The van der Waals surface area contributed by atoms with Crippen LogP contribution in [0.15, 0.2) is 59.5 Å². The van der Waals surface area contributed by atoms with Crippen molar-refractivity contribution in [1.29, 1.82) is 0 Å². The Hall–Kier alpha value is -3.20. The standard InChI is InChI=1S/C16H12FN3O4S/c17-12-7-6-11(16(21)22)8-14(12)25(23,24)20-15-9-13(18-19-15)10-4-2-1-3-5-10/h1-9H,(H,21,22)(H2,18,19,20). The van der Waals surface area contributed by atoms with E-state index in [4.69, 9.17) is 5.11 Å². The van der Waals surface area contributed by atoms with Crippen LogP contribution in [-0.2, 0) is 10.0 Å². The number of aromatic carboxylic acids is 1. The lowest BCUT2D eigenvalue weighted by Crippen LogP contribution is -2.15. The highest BCUT2D eigenvalue weighted by Gasteiger charge is 2.22. The van der Waals surface area contributed by atoms with E-state index in [-0.39, 0.29) is 11.4 Å². The predicted octanol–water partition coefficient (Wildman–Crippen LogP) is 2.71. The highest BCUT2D eigenvalue weighted by Crippen LogP contribution is 2.23. The van der Waals surface area contributed by atoms with Crippen LogP contribution in [0.5, 0.6) is 0 Å². The molecule has 0 atom stereocenters. The highest BCUT2D eigenvalue weighted by molar-refractivity contribution is 7.92. The Morgan fingerprint density at radius 1 is 1.12 bits per heavy atom. The second-order valence-electron chi connectivity index (χ2n) is 5.09. The van der Waals surface area contributed by atoms with Gasteiger partial charge in [0.25, 0.3) is 10.0 Å². The molecular weight excluding hydrogens is 349 g/mol. The average Bonchev–Trinajstić information content (AvgIpc) is 3.03. The number of nitrogens with zero attached hydrogens (tertiary/aromatic N) is 1. The van der Waals surface area contributed by atoms with Gasteiger partial charge in [0.1, 0.15) is 10.7 Å². The molecule has 0 aliphatic heterocycles. The lowest BCUT2D eigenvalue weighted by molar-refractivity contribution is 0.0696. The molecule has 0 aliphatic carbocycles. The van der Waals surface area contributed by atoms with Crippen LogP contribution in [0.1, 0.15) is 10.4 Å². The van der Waals surface area contributed by atoms with E-state index in [1.54, 1.807) is 0 Å². The molecule has 25 heavy (non-hydrogen) atoms. The number of hydrogen-bond acceptors (Lipinski definition) is 4. The monoisotopic (exact) mass is 361 g/mol. The SMILES string of the molecule is O=C(O)c1ccc(F)c(S(=O)(=O)Nc2cc(-c3ccccc3)[nH]n2)c1. The molecule has 9 heteroatoms. The third-order valence-electron chi connectivity index (χ3n) is 3.37. The fraction of sp³-hybridized carbons (Fsp3) is 0. The molecule has 0 bridgehead atoms. The molecule has 0 unspecified atom stereocenters. The molecular formula is C16H12FN3O4S. The van der Waals surface area contributed by atoms with Gasteiger partial charge >= 0.3 is 5.97 Å². The van der Waals surface area contributed by atoms with Gasteiger partial charge in [0, 0.05) is 6.07 Å². The van der Waals surface area contributed by atoms with E-state index < -0.39 is 26.7 Å². The van der Waals surface area contributed by atoms with Gasteiger partial charge in [-0.1, -0.05) is 30.3 Å². The van der Waals surface area contributed by atoms with Gasteiger partial charge in [-0.05, 0) is 23.8 Å². The second-order valence-corrected chi connectivity index (χ2v) is 6.74. The quantitative estimate of drug-likeness (QED) is 0.647. The Bertz CT molecular complexity index is 1030. The second kappa shape index (κ2) is 6.36. The normalized spacial score (nSPS) is 11.2. The number of carbonyl (C=O) groups is 1. The predicted molar refractivity (Wildman–Crippen MR) is 88.2 cm³/mol. The summed E-state index contributed by atoms with van der Waals surface area (Å²) in [5, 5.41) is 15.4. The van der Waals surface area contributed by atoms with Gasteiger partial charge in [0.15, 0.2) is 5.82 Å². The van der Waals surface area contributed by atoms with E-state index >= 15 is 0 Å². The van der Waals surface area contributed by atoms with E-state index in [2.05, 4.69) is 14.9 Å². The zero-order valence-corrected chi connectivity index (χ0v) is 13.4. The zero-order valence-electron chi connectivity index (χ0n) is 12.6. The molecule has 2 aromatic carbocycles. The average molecular weight is 361 g/mol. The first-order chi connectivity index (χ1) is 11.9. The molecule has 0 aliphatic rings. The number of nitrogens with one attached hydrogen (secondary N) is 2. The molecule has 0 saturated heterocycles. The number of carboxylic acids is 1. The summed E-state index contributed by atoms with van der Waals surface area (Å²) in [6.45, 7) is 0. The Kier molecular flexibility index (Phi) is 4.24. The van der Waals surface area contributed by atoms with Gasteiger partial charge in [-0.2, -0.15) is 5.10 Å². The third kappa shape index (κ3) is 3.50. The van der Waals surface area contributed by atoms with Crippen LogP contribution in [0.2, 0.25) is 0 Å². The summed E-state index contributed by atoms with van der Waals surface area (Å²) in [5.41, 5.74) is 1.02. The summed E-state index contributed by atoms with van der Waals surface area (Å²) in [5.74, 6) is -2.46. The first kappa shape index (κ1) is 16.7. The van der Waals surface area contributed by atoms with Crippen molar-refractivity contribution in [2.75, 3.05) is 4.72 Å². The van der Waals surface area contributed by atoms with Crippen molar-refractivity contribution in [2.45, 2.75) is 4.90 Å². The molecule has 3 aromatic rings. The van der Waals surface area contributed by atoms with Crippen molar-refractivity contribution in [1.82, 2.24) is 10.2 Å². The van der Waals surface area contributed by atoms with Gasteiger partial charge in [0.05, 0.1) is 11.3 Å². The minimum Gasteiger partial charge on any atom is -0.478 e. The Morgan fingerprint density at radius 3 is 2.52 bits per heavy atom. The number of benzene rings is 2. The first-order valence-corrected chi connectivity index (χ1v) is 8.51. The largest absolute Gasteiger partial charge is 0.478 e. The summed E-state index contributed by atoms with van der Waals surface area (Å²) in [4.78, 5) is 10.2. The van der Waals surface area contributed by atoms with Crippen LogP contribution in [0.4, 0.5) is 10.2 Å². The van der Waals surface area contributed by atoms with Crippen LogP contribution >= 0.6 is 0 Å². The summed E-state index contributed by atoms with van der Waals surface area (Å²) in [7, 11) is -4.34. The van der Waals surface area contributed by atoms with Crippen LogP contribution < -0.4 is 4.72 Å². The minimum atomic E-state index is -4.34. The summed E-state index contributed by atoms with van der Waals surface area (Å²) < 4.78 is 40.7. The maximum absolute atomic E-state index is 13.9. The molecule has 3 N–H and O–H groups in total. The van der Waals surface area contributed by atoms with Crippen molar-refractivity contribution in [2.24, 2.45) is 0 Å². The van der Waals surface area contributed by atoms with E-state index in [0.717, 1.165) is 23.8 Å².